The summed E-state index contributed by atoms with van der Waals surface area (Å²) in [6.07, 6.45) is 0. The van der Waals surface area contributed by atoms with Crippen LogP contribution in [0, 0.1) is 0 Å². The van der Waals surface area contributed by atoms with Crippen LogP contribution in [0.2, 0.25) is 0 Å². The van der Waals surface area contributed by atoms with Gasteiger partial charge in [-0.05, 0) is 0 Å². The molecule has 0 heterocycles. The number of rotatable bonds is 0. The molecule has 0 spiro atoms. The molecule has 22 valence electrons. The Morgan fingerprint density at radius 3 is 1.60 bits per heavy atom. The molecule has 0 aliphatic heterocycles. The molecule has 0 aromatic carbocycles. The first kappa shape index (κ1) is 15.6. The molecular formula is H3KNaO2P. The second kappa shape index (κ2) is 15.9. The Labute approximate surface area is 96.7 Å². The predicted molar refractivity (Wildman–Crippen MR) is 24.1 cm³/mol. The van der Waals surface area contributed by atoms with Gasteiger partial charge in [-0.1, -0.05) is 0 Å². The fourth-order valence-corrected chi connectivity index (χ4v) is 0. The van der Waals surface area contributed by atoms with Crippen molar-refractivity contribution in [2.24, 2.45) is 0 Å². The van der Waals surface area contributed by atoms with Gasteiger partial charge < -0.3 is 4.89 Å². The van der Waals surface area contributed by atoms with Gasteiger partial charge in [-0.2, -0.15) is 0 Å². The Kier molecular flexibility index (Phi) is 49.8. The van der Waals surface area contributed by atoms with Crippen molar-refractivity contribution in [3.05, 3.63) is 0 Å². The zero-order valence-electron chi connectivity index (χ0n) is 1.30. The van der Waals surface area contributed by atoms with Crippen molar-refractivity contribution in [1.82, 2.24) is 0 Å². The Morgan fingerprint density at radius 2 is 1.60 bits per heavy atom. The van der Waals surface area contributed by atoms with Crippen LogP contribution in [0.25, 0.3) is 0 Å². The van der Waals surface area contributed by atoms with Gasteiger partial charge in [-0.25, -0.2) is 4.57 Å². The second-order valence-corrected chi connectivity index (χ2v) is 0.245. The monoisotopic (exact) mass is 128 g/mol. The van der Waals surface area contributed by atoms with E-state index in [1.807, 2.05) is 0 Å². The molecule has 0 aromatic rings. The number of hydrogen-bond acceptors (Lipinski definition) is 1. The van der Waals surface area contributed by atoms with Crippen molar-refractivity contribution < 1.29 is 9.46 Å². The summed E-state index contributed by atoms with van der Waals surface area (Å²) in [5, 5.41) is 0. The first-order valence-corrected chi connectivity index (χ1v) is 1.15. The summed E-state index contributed by atoms with van der Waals surface area (Å²) in [4.78, 5) is 6.99. The van der Waals surface area contributed by atoms with Crippen LogP contribution in [0.5, 0.6) is 0 Å². The van der Waals surface area contributed by atoms with E-state index in [0.717, 1.165) is 0 Å². The van der Waals surface area contributed by atoms with Gasteiger partial charge in [0.25, 0.3) is 0 Å². The summed E-state index contributed by atoms with van der Waals surface area (Å²) in [6, 6.07) is 0. The molecule has 0 saturated carbocycles. The fraction of sp³-hybridized carbons (Fsp3) is 0. The summed E-state index contributed by atoms with van der Waals surface area (Å²) >= 11 is 0. The second-order valence-electron chi connectivity index (χ2n) is 0.0816. The van der Waals surface area contributed by atoms with Gasteiger partial charge in [0.2, 0.25) is 0 Å². The van der Waals surface area contributed by atoms with E-state index >= 15 is 0 Å². The van der Waals surface area contributed by atoms with Gasteiger partial charge in [0.05, 0.1) is 0 Å². The standard InChI is InChI=1S/K.Na.HO2P.2H/c;;1-3-2;;/h;;(H,1,2);;. The summed E-state index contributed by atoms with van der Waals surface area (Å²) in [6.45, 7) is 0. The first-order chi connectivity index (χ1) is 1.41. The Balaban J connectivity index is -0.0000000200. The van der Waals surface area contributed by atoms with E-state index in [4.69, 9.17) is 9.46 Å². The molecule has 2 nitrogen and oxygen atoms in total. The van der Waals surface area contributed by atoms with Crippen LogP contribution < -0.4 is 0 Å². The molecule has 0 amide bonds. The molecule has 0 radical (unpaired) electrons. The Bertz CT molecular complexity index is 17.1. The summed E-state index contributed by atoms with van der Waals surface area (Å²) in [5.41, 5.74) is 0. The Morgan fingerprint density at radius 1 is 1.60 bits per heavy atom. The first-order valence-electron chi connectivity index (χ1n) is 0.383. The van der Waals surface area contributed by atoms with E-state index in [9.17, 15) is 0 Å². The minimum atomic E-state index is -0.833. The molecular weight excluding hydrogens is 125 g/mol. The van der Waals surface area contributed by atoms with Gasteiger partial charge in [0.1, 0.15) is 0 Å². The molecule has 0 unspecified atom stereocenters. The molecule has 5 heavy (non-hydrogen) atoms. The average Bonchev–Trinajstić information content (AvgIpc) is 0.918. The zero-order valence-corrected chi connectivity index (χ0v) is 2.20. The third-order valence-corrected chi connectivity index (χ3v) is 0. The van der Waals surface area contributed by atoms with E-state index < -0.39 is 8.69 Å². The van der Waals surface area contributed by atoms with E-state index in [1.165, 1.54) is 0 Å². The third-order valence-electron chi connectivity index (χ3n) is 0. The van der Waals surface area contributed by atoms with Crippen LogP contribution in [0.15, 0.2) is 0 Å². The molecule has 0 aliphatic carbocycles. The molecule has 0 aliphatic rings. The summed E-state index contributed by atoms with van der Waals surface area (Å²) in [5.74, 6) is 0. The van der Waals surface area contributed by atoms with Crippen LogP contribution in [-0.4, -0.2) is 85.8 Å². The van der Waals surface area contributed by atoms with Crippen LogP contribution in [-0.2, 0) is 4.57 Å². The van der Waals surface area contributed by atoms with Crippen LogP contribution in [0.1, 0.15) is 0 Å². The summed E-state index contributed by atoms with van der Waals surface area (Å²) in [7, 11) is -0.833. The summed E-state index contributed by atoms with van der Waals surface area (Å²) < 4.78 is 8.46. The molecule has 0 aromatic heterocycles. The van der Waals surface area contributed by atoms with E-state index in [0.29, 0.717) is 0 Å². The van der Waals surface area contributed by atoms with Crippen molar-refractivity contribution in [2.45, 2.75) is 0 Å². The van der Waals surface area contributed by atoms with E-state index in [-0.39, 0.29) is 80.9 Å². The topological polar surface area (TPSA) is 37.3 Å². The maximum absolute atomic E-state index is 8.46. The van der Waals surface area contributed by atoms with Crippen LogP contribution in [0.4, 0.5) is 0 Å². The van der Waals surface area contributed by atoms with Crippen LogP contribution >= 0.6 is 8.69 Å². The normalized spacial score (nSPS) is 4.20. The average molecular weight is 128 g/mol. The van der Waals surface area contributed by atoms with Gasteiger partial charge in [-0.3, -0.25) is 0 Å². The van der Waals surface area contributed by atoms with Gasteiger partial charge in [0.15, 0.2) is 0 Å². The number of hydrogen-bond donors (Lipinski definition) is 1. The molecule has 5 heteroatoms. The molecule has 1 N–H and O–H groups in total. The predicted octanol–water partition coefficient (Wildman–Crippen LogP) is -1.11. The van der Waals surface area contributed by atoms with E-state index in [2.05, 4.69) is 0 Å². The van der Waals surface area contributed by atoms with Crippen molar-refractivity contribution >= 4 is 89.6 Å². The molecule has 0 saturated heterocycles. The quantitative estimate of drug-likeness (QED) is 0.331. The van der Waals surface area contributed by atoms with E-state index in [1.54, 1.807) is 0 Å². The molecule has 0 rings (SSSR count). The van der Waals surface area contributed by atoms with Crippen molar-refractivity contribution in [3.63, 3.8) is 0 Å². The van der Waals surface area contributed by atoms with Crippen LogP contribution in [0.3, 0.4) is 0 Å². The van der Waals surface area contributed by atoms with Gasteiger partial charge in [-0.15, -0.1) is 0 Å². The third kappa shape index (κ3) is 20.3. The molecule has 0 atom stereocenters. The SMILES string of the molecule is O=PO.[KH].[NaH]. The maximum atomic E-state index is 8.46. The molecule has 0 fully saturated rings. The van der Waals surface area contributed by atoms with Gasteiger partial charge >= 0.3 is 89.6 Å². The molecule has 0 bridgehead atoms. The Hall–Kier alpha value is 2.70. The van der Waals surface area contributed by atoms with Crippen molar-refractivity contribution in [1.29, 1.82) is 0 Å². The van der Waals surface area contributed by atoms with Crippen molar-refractivity contribution in [2.75, 3.05) is 0 Å². The fourth-order valence-electron chi connectivity index (χ4n) is 0. The zero-order chi connectivity index (χ0) is 2.71. The van der Waals surface area contributed by atoms with Gasteiger partial charge in [0, 0.05) is 0 Å². The van der Waals surface area contributed by atoms with Crippen molar-refractivity contribution in [3.8, 4) is 0 Å². The minimum absolute atomic E-state index is 0.